The topological polar surface area (TPSA) is 88.9 Å². The van der Waals surface area contributed by atoms with Crippen molar-refractivity contribution in [3.05, 3.63) is 52.5 Å². The van der Waals surface area contributed by atoms with Gasteiger partial charge in [0.25, 0.3) is 5.91 Å². The quantitative estimate of drug-likeness (QED) is 0.812. The summed E-state index contributed by atoms with van der Waals surface area (Å²) in [5.74, 6) is 1.48. The summed E-state index contributed by atoms with van der Waals surface area (Å²) in [6.45, 7) is 4.29. The standard InChI is InChI=1S/C19H24N2O5S/c1-13-10-18(14(2)26-13)19(22)20-7-9-27(23,24)21-8-6-15-11-17(25-3)5-4-16(15)12-21/h4-5,10-11H,6-9,12H2,1-3H3,(H,20,22). The van der Waals surface area contributed by atoms with Gasteiger partial charge in [0, 0.05) is 19.6 Å². The highest BCUT2D eigenvalue weighted by atomic mass is 32.2. The normalized spacial score (nSPS) is 14.6. The zero-order chi connectivity index (χ0) is 19.6. The lowest BCUT2D eigenvalue weighted by molar-refractivity contribution is 0.0954. The largest absolute Gasteiger partial charge is 0.497 e. The van der Waals surface area contributed by atoms with Crippen LogP contribution >= 0.6 is 0 Å². The third-order valence-corrected chi connectivity index (χ3v) is 6.53. The minimum absolute atomic E-state index is 0.0524. The van der Waals surface area contributed by atoms with E-state index in [2.05, 4.69) is 5.32 Å². The van der Waals surface area contributed by atoms with Crippen molar-refractivity contribution in [2.45, 2.75) is 26.8 Å². The molecule has 1 amide bonds. The Balaban J connectivity index is 1.58. The Morgan fingerprint density at radius 2 is 2.04 bits per heavy atom. The molecule has 0 atom stereocenters. The summed E-state index contributed by atoms with van der Waals surface area (Å²) in [5.41, 5.74) is 2.53. The van der Waals surface area contributed by atoms with Crippen LogP contribution in [-0.4, -0.2) is 44.6 Å². The molecule has 146 valence electrons. The number of carbonyl (C=O) groups excluding carboxylic acids is 1. The van der Waals surface area contributed by atoms with Gasteiger partial charge >= 0.3 is 0 Å². The van der Waals surface area contributed by atoms with E-state index in [4.69, 9.17) is 9.15 Å². The fourth-order valence-corrected chi connectivity index (χ4v) is 4.57. The molecule has 1 aromatic heterocycles. The molecule has 0 unspecified atom stereocenters. The average molecular weight is 392 g/mol. The number of fused-ring (bicyclic) bond motifs is 1. The minimum Gasteiger partial charge on any atom is -0.497 e. The highest BCUT2D eigenvalue weighted by molar-refractivity contribution is 7.89. The Morgan fingerprint density at radius 1 is 1.26 bits per heavy atom. The Kier molecular flexibility index (Phi) is 5.57. The van der Waals surface area contributed by atoms with Crippen LogP contribution in [-0.2, 0) is 23.0 Å². The first kappa shape index (κ1) is 19.4. The van der Waals surface area contributed by atoms with Crippen molar-refractivity contribution in [2.75, 3.05) is 26.0 Å². The third-order valence-electron chi connectivity index (χ3n) is 4.72. The van der Waals surface area contributed by atoms with E-state index in [1.54, 1.807) is 27.0 Å². The fraction of sp³-hybridized carbons (Fsp3) is 0.421. The molecule has 1 aliphatic rings. The van der Waals surface area contributed by atoms with Crippen LogP contribution in [0.15, 0.2) is 28.7 Å². The third kappa shape index (κ3) is 4.33. The van der Waals surface area contributed by atoms with E-state index in [1.165, 1.54) is 4.31 Å². The van der Waals surface area contributed by atoms with E-state index >= 15 is 0 Å². The van der Waals surface area contributed by atoms with Crippen molar-refractivity contribution in [1.29, 1.82) is 0 Å². The molecule has 7 nitrogen and oxygen atoms in total. The molecule has 3 rings (SSSR count). The SMILES string of the molecule is COc1ccc2c(c1)CCN(S(=O)(=O)CCNC(=O)c1cc(C)oc1C)C2. The number of carbonyl (C=O) groups is 1. The molecule has 2 aromatic rings. The minimum atomic E-state index is -3.46. The lowest BCUT2D eigenvalue weighted by Gasteiger charge is -2.28. The van der Waals surface area contributed by atoms with E-state index < -0.39 is 10.0 Å². The highest BCUT2D eigenvalue weighted by Crippen LogP contribution is 2.25. The van der Waals surface area contributed by atoms with Crippen molar-refractivity contribution in [2.24, 2.45) is 0 Å². The summed E-state index contributed by atoms with van der Waals surface area (Å²) in [7, 11) is -1.85. The summed E-state index contributed by atoms with van der Waals surface area (Å²) >= 11 is 0. The van der Waals surface area contributed by atoms with Gasteiger partial charge in [-0.15, -0.1) is 0 Å². The van der Waals surface area contributed by atoms with Crippen LogP contribution in [0.3, 0.4) is 0 Å². The number of nitrogens with zero attached hydrogens (tertiary/aromatic N) is 1. The first-order chi connectivity index (χ1) is 12.8. The molecular weight excluding hydrogens is 368 g/mol. The zero-order valence-corrected chi connectivity index (χ0v) is 16.6. The number of furan rings is 1. The predicted molar refractivity (Wildman–Crippen MR) is 101 cm³/mol. The van der Waals surface area contributed by atoms with Gasteiger partial charge in [-0.25, -0.2) is 8.42 Å². The predicted octanol–water partition coefficient (Wildman–Crippen LogP) is 2.02. The Bertz CT molecular complexity index is 949. The van der Waals surface area contributed by atoms with E-state index in [9.17, 15) is 13.2 Å². The number of methoxy groups -OCH3 is 1. The first-order valence-corrected chi connectivity index (χ1v) is 10.4. The maximum Gasteiger partial charge on any atom is 0.254 e. The maximum absolute atomic E-state index is 12.6. The van der Waals surface area contributed by atoms with E-state index in [1.807, 2.05) is 18.2 Å². The van der Waals surface area contributed by atoms with Crippen LogP contribution in [0.25, 0.3) is 0 Å². The van der Waals surface area contributed by atoms with Gasteiger partial charge in [0.05, 0.1) is 18.4 Å². The summed E-state index contributed by atoms with van der Waals surface area (Å²) < 4.78 is 37.3. The number of ether oxygens (including phenoxy) is 1. The second-order valence-electron chi connectivity index (χ2n) is 6.62. The van der Waals surface area contributed by atoms with Gasteiger partial charge in [0.1, 0.15) is 17.3 Å². The number of amides is 1. The van der Waals surface area contributed by atoms with Gasteiger partial charge in [0.2, 0.25) is 10.0 Å². The van der Waals surface area contributed by atoms with Crippen LogP contribution < -0.4 is 10.1 Å². The monoisotopic (exact) mass is 392 g/mol. The fourth-order valence-electron chi connectivity index (χ4n) is 3.24. The Morgan fingerprint density at radius 3 is 2.70 bits per heavy atom. The highest BCUT2D eigenvalue weighted by Gasteiger charge is 2.27. The maximum atomic E-state index is 12.6. The molecule has 0 saturated heterocycles. The van der Waals surface area contributed by atoms with Gasteiger partial charge in [-0.2, -0.15) is 4.31 Å². The summed E-state index contributed by atoms with van der Waals surface area (Å²) in [6.07, 6.45) is 0.644. The lowest BCUT2D eigenvalue weighted by atomic mass is 10.0. The van der Waals surface area contributed by atoms with Crippen molar-refractivity contribution in [3.63, 3.8) is 0 Å². The molecule has 0 fully saturated rings. The Hall–Kier alpha value is -2.32. The molecule has 0 radical (unpaired) electrons. The van der Waals surface area contributed by atoms with Gasteiger partial charge in [-0.3, -0.25) is 4.79 Å². The van der Waals surface area contributed by atoms with Gasteiger partial charge in [-0.1, -0.05) is 6.07 Å². The second-order valence-corrected chi connectivity index (χ2v) is 8.71. The molecule has 27 heavy (non-hydrogen) atoms. The van der Waals surface area contributed by atoms with Crippen molar-refractivity contribution in [1.82, 2.24) is 9.62 Å². The van der Waals surface area contributed by atoms with Gasteiger partial charge in [-0.05, 0) is 49.6 Å². The van der Waals surface area contributed by atoms with E-state index in [-0.39, 0.29) is 18.2 Å². The van der Waals surface area contributed by atoms with Crippen LogP contribution in [0, 0.1) is 13.8 Å². The van der Waals surface area contributed by atoms with Crippen molar-refractivity contribution >= 4 is 15.9 Å². The first-order valence-electron chi connectivity index (χ1n) is 8.79. The van der Waals surface area contributed by atoms with Crippen molar-refractivity contribution in [3.8, 4) is 5.75 Å². The second kappa shape index (κ2) is 7.74. The molecular formula is C19H24N2O5S. The number of aryl methyl sites for hydroxylation is 2. The zero-order valence-electron chi connectivity index (χ0n) is 15.7. The number of hydrogen-bond donors (Lipinski definition) is 1. The van der Waals surface area contributed by atoms with Crippen LogP contribution in [0.4, 0.5) is 0 Å². The molecule has 1 aromatic carbocycles. The van der Waals surface area contributed by atoms with Crippen LogP contribution in [0.2, 0.25) is 0 Å². The van der Waals surface area contributed by atoms with Crippen molar-refractivity contribution < 1.29 is 22.4 Å². The summed E-state index contributed by atoms with van der Waals surface area (Å²) in [4.78, 5) is 12.2. The molecule has 0 saturated carbocycles. The molecule has 0 bridgehead atoms. The number of nitrogens with one attached hydrogen (secondary N) is 1. The van der Waals surface area contributed by atoms with Gasteiger partial charge < -0.3 is 14.5 Å². The number of benzene rings is 1. The van der Waals surface area contributed by atoms with E-state index in [0.29, 0.717) is 36.6 Å². The molecule has 2 heterocycles. The molecule has 1 N–H and O–H groups in total. The smallest absolute Gasteiger partial charge is 0.254 e. The van der Waals surface area contributed by atoms with Crippen LogP contribution in [0.5, 0.6) is 5.75 Å². The summed E-state index contributed by atoms with van der Waals surface area (Å²) in [5, 5.41) is 2.66. The molecule has 0 spiro atoms. The number of rotatable bonds is 6. The molecule has 0 aliphatic carbocycles. The van der Waals surface area contributed by atoms with Gasteiger partial charge in [0.15, 0.2) is 0 Å². The number of hydrogen-bond acceptors (Lipinski definition) is 5. The molecule has 1 aliphatic heterocycles. The Labute approximate surface area is 159 Å². The van der Waals surface area contributed by atoms with E-state index in [0.717, 1.165) is 16.9 Å². The number of sulfonamides is 1. The molecule has 8 heteroatoms. The average Bonchev–Trinajstić information content (AvgIpc) is 2.98. The van der Waals surface area contributed by atoms with Crippen LogP contribution in [0.1, 0.15) is 33.0 Å². The summed E-state index contributed by atoms with van der Waals surface area (Å²) in [6, 6.07) is 7.34. The lowest BCUT2D eigenvalue weighted by Crippen LogP contribution is -2.40.